The van der Waals surface area contributed by atoms with Crippen LogP contribution in [-0.4, -0.2) is 40.4 Å². The molecule has 2 unspecified atom stereocenters. The molecule has 1 amide bonds. The normalized spacial score (nSPS) is 17.4. The zero-order valence-corrected chi connectivity index (χ0v) is 16.5. The molecule has 2 aromatic carbocycles. The molecule has 0 radical (unpaired) electrons. The van der Waals surface area contributed by atoms with Crippen LogP contribution in [0.4, 0.5) is 5.69 Å². The Balaban J connectivity index is 1.58. The van der Waals surface area contributed by atoms with Gasteiger partial charge in [-0.15, -0.1) is 0 Å². The number of aliphatic hydroxyl groups is 1. The van der Waals surface area contributed by atoms with Gasteiger partial charge in [0.15, 0.2) is 0 Å². The molecule has 0 bridgehead atoms. The molecule has 1 aliphatic rings. The number of ether oxygens (including phenoxy) is 1. The van der Waals surface area contributed by atoms with Crippen molar-refractivity contribution in [2.45, 2.75) is 51.4 Å². The molecular weight excluding hydrogens is 356 g/mol. The average molecular weight is 384 g/mol. The molecule has 0 saturated heterocycles. The molecule has 2 atom stereocenters. The minimum Gasteiger partial charge on any atom is -0.508 e. The number of amides is 1. The highest BCUT2D eigenvalue weighted by atomic mass is 16.5. The van der Waals surface area contributed by atoms with Gasteiger partial charge < -0.3 is 25.6 Å². The number of aromatic hydroxyl groups is 1. The third-order valence-electron chi connectivity index (χ3n) is 4.95. The lowest BCUT2D eigenvalue weighted by Crippen LogP contribution is -2.53. The monoisotopic (exact) mass is 384 g/mol. The third-order valence-corrected chi connectivity index (χ3v) is 4.95. The zero-order valence-electron chi connectivity index (χ0n) is 16.5. The standard InChI is InChI=1S/C22H28N2O4/c1-4-14-5-7-15(8-6-14)12-22(2,3)23-13-18(26)20-21(27)24-17-11-16(25)9-10-19(17)28-20/h5-11,18,20,23,25-26H,4,12-13H2,1-3H3,(H,24,27). The number of aliphatic hydroxyl groups excluding tert-OH is 1. The molecule has 0 aliphatic carbocycles. The second-order valence-corrected chi connectivity index (χ2v) is 7.89. The zero-order chi connectivity index (χ0) is 20.3. The Hall–Kier alpha value is -2.57. The van der Waals surface area contributed by atoms with Crippen molar-refractivity contribution >= 4 is 11.6 Å². The van der Waals surface area contributed by atoms with Crippen LogP contribution in [-0.2, 0) is 17.6 Å². The second-order valence-electron chi connectivity index (χ2n) is 7.89. The van der Waals surface area contributed by atoms with E-state index >= 15 is 0 Å². The number of rotatable bonds is 7. The largest absolute Gasteiger partial charge is 0.508 e. The van der Waals surface area contributed by atoms with E-state index in [0.717, 1.165) is 12.8 Å². The Labute approximate surface area is 165 Å². The van der Waals surface area contributed by atoms with E-state index in [-0.39, 0.29) is 17.8 Å². The molecule has 0 saturated carbocycles. The molecule has 0 aromatic heterocycles. The van der Waals surface area contributed by atoms with Crippen molar-refractivity contribution in [1.82, 2.24) is 5.32 Å². The number of fused-ring (bicyclic) bond motifs is 1. The van der Waals surface area contributed by atoms with E-state index < -0.39 is 18.1 Å². The van der Waals surface area contributed by atoms with E-state index in [0.29, 0.717) is 11.4 Å². The average Bonchev–Trinajstić information content (AvgIpc) is 2.66. The Kier molecular flexibility index (Phi) is 5.91. The van der Waals surface area contributed by atoms with E-state index in [1.807, 2.05) is 0 Å². The smallest absolute Gasteiger partial charge is 0.268 e. The molecule has 1 aliphatic heterocycles. The van der Waals surface area contributed by atoms with Gasteiger partial charge in [-0.05, 0) is 49.9 Å². The van der Waals surface area contributed by atoms with Crippen LogP contribution in [0.25, 0.3) is 0 Å². The van der Waals surface area contributed by atoms with Gasteiger partial charge in [0.2, 0.25) is 6.10 Å². The van der Waals surface area contributed by atoms with Gasteiger partial charge >= 0.3 is 0 Å². The number of β-amino-alcohol motifs (C(OH)–C–C–N with tert-alkyl or cyclic N) is 1. The number of nitrogens with one attached hydrogen (secondary N) is 2. The van der Waals surface area contributed by atoms with Gasteiger partial charge in [-0.2, -0.15) is 0 Å². The molecule has 150 valence electrons. The third kappa shape index (κ3) is 4.82. The van der Waals surface area contributed by atoms with Crippen molar-refractivity contribution in [3.8, 4) is 11.5 Å². The van der Waals surface area contributed by atoms with E-state index in [1.165, 1.54) is 23.3 Å². The van der Waals surface area contributed by atoms with Gasteiger partial charge in [0, 0.05) is 18.2 Å². The van der Waals surface area contributed by atoms with Gasteiger partial charge in [0.05, 0.1) is 5.69 Å². The molecule has 6 heteroatoms. The molecule has 6 nitrogen and oxygen atoms in total. The van der Waals surface area contributed by atoms with E-state index in [1.54, 1.807) is 6.07 Å². The highest BCUT2D eigenvalue weighted by Gasteiger charge is 2.34. The van der Waals surface area contributed by atoms with Crippen LogP contribution in [0.2, 0.25) is 0 Å². The molecule has 28 heavy (non-hydrogen) atoms. The number of aryl methyl sites for hydroxylation is 1. The van der Waals surface area contributed by atoms with Crippen LogP contribution >= 0.6 is 0 Å². The Morgan fingerprint density at radius 1 is 1.18 bits per heavy atom. The molecule has 0 spiro atoms. The fraction of sp³-hybridized carbons (Fsp3) is 0.409. The summed E-state index contributed by atoms with van der Waals surface area (Å²) in [5, 5.41) is 26.0. The van der Waals surface area contributed by atoms with Gasteiger partial charge in [-0.1, -0.05) is 31.2 Å². The lowest BCUT2D eigenvalue weighted by Gasteiger charge is -2.32. The number of phenolic OH excluding ortho intramolecular Hbond substituents is 1. The molecule has 0 fully saturated rings. The number of carbonyl (C=O) groups excluding carboxylic acids is 1. The molecule has 2 aromatic rings. The highest BCUT2D eigenvalue weighted by molar-refractivity contribution is 5.98. The minimum atomic E-state index is -1.01. The Morgan fingerprint density at radius 3 is 2.54 bits per heavy atom. The van der Waals surface area contributed by atoms with Crippen molar-refractivity contribution in [2.24, 2.45) is 0 Å². The summed E-state index contributed by atoms with van der Waals surface area (Å²) in [4.78, 5) is 12.3. The molecular formula is C22H28N2O4. The number of phenols is 1. The van der Waals surface area contributed by atoms with E-state index in [9.17, 15) is 15.0 Å². The first-order chi connectivity index (χ1) is 13.3. The maximum Gasteiger partial charge on any atom is 0.268 e. The number of hydrogen-bond donors (Lipinski definition) is 4. The first kappa shape index (κ1) is 20.2. The predicted octanol–water partition coefficient (Wildman–Crippen LogP) is 2.63. The van der Waals surface area contributed by atoms with Gasteiger partial charge in [0.1, 0.15) is 17.6 Å². The van der Waals surface area contributed by atoms with Crippen LogP contribution in [0.1, 0.15) is 31.9 Å². The lowest BCUT2D eigenvalue weighted by atomic mass is 9.93. The molecule has 1 heterocycles. The van der Waals surface area contributed by atoms with Crippen LogP contribution in [0.3, 0.4) is 0 Å². The second kappa shape index (κ2) is 8.20. The summed E-state index contributed by atoms with van der Waals surface area (Å²) in [6.07, 6.45) is -0.211. The predicted molar refractivity (Wildman–Crippen MR) is 109 cm³/mol. The maximum atomic E-state index is 12.3. The summed E-state index contributed by atoms with van der Waals surface area (Å²) in [7, 11) is 0. The summed E-state index contributed by atoms with van der Waals surface area (Å²) in [5.74, 6) is 0.0362. The quantitative estimate of drug-likeness (QED) is 0.589. The van der Waals surface area contributed by atoms with Crippen molar-refractivity contribution < 1.29 is 19.7 Å². The molecule has 3 rings (SSSR count). The van der Waals surface area contributed by atoms with Crippen molar-refractivity contribution in [1.29, 1.82) is 0 Å². The maximum absolute atomic E-state index is 12.3. The summed E-state index contributed by atoms with van der Waals surface area (Å²) in [6.45, 7) is 6.47. The lowest BCUT2D eigenvalue weighted by molar-refractivity contribution is -0.128. The summed E-state index contributed by atoms with van der Waals surface area (Å²) in [5.41, 5.74) is 2.66. The Bertz CT molecular complexity index is 833. The topological polar surface area (TPSA) is 90.8 Å². The van der Waals surface area contributed by atoms with Crippen LogP contribution in [0, 0.1) is 0 Å². The van der Waals surface area contributed by atoms with Crippen molar-refractivity contribution in [3.63, 3.8) is 0 Å². The number of hydrogen-bond acceptors (Lipinski definition) is 5. The Morgan fingerprint density at radius 2 is 1.86 bits per heavy atom. The fourth-order valence-corrected chi connectivity index (χ4v) is 3.32. The molecule has 4 N–H and O–H groups in total. The van der Waals surface area contributed by atoms with E-state index in [4.69, 9.17) is 4.74 Å². The SMILES string of the molecule is CCc1ccc(CC(C)(C)NCC(O)C2Oc3ccc(O)cc3NC2=O)cc1. The number of anilines is 1. The van der Waals surface area contributed by atoms with Crippen molar-refractivity contribution in [3.05, 3.63) is 53.6 Å². The van der Waals surface area contributed by atoms with Crippen LogP contribution in [0.15, 0.2) is 42.5 Å². The first-order valence-electron chi connectivity index (χ1n) is 9.59. The highest BCUT2D eigenvalue weighted by Crippen LogP contribution is 2.33. The minimum absolute atomic E-state index is 0.0389. The van der Waals surface area contributed by atoms with Gasteiger partial charge in [0.25, 0.3) is 5.91 Å². The van der Waals surface area contributed by atoms with Crippen molar-refractivity contribution in [2.75, 3.05) is 11.9 Å². The van der Waals surface area contributed by atoms with E-state index in [2.05, 4.69) is 55.7 Å². The first-order valence-corrected chi connectivity index (χ1v) is 9.59. The number of benzene rings is 2. The summed E-state index contributed by atoms with van der Waals surface area (Å²) in [6, 6.07) is 13.0. The van der Waals surface area contributed by atoms with Gasteiger partial charge in [-0.3, -0.25) is 4.79 Å². The van der Waals surface area contributed by atoms with Crippen LogP contribution in [0.5, 0.6) is 11.5 Å². The summed E-state index contributed by atoms with van der Waals surface area (Å²) < 4.78 is 5.66. The van der Waals surface area contributed by atoms with Crippen LogP contribution < -0.4 is 15.4 Å². The van der Waals surface area contributed by atoms with Gasteiger partial charge in [-0.25, -0.2) is 0 Å². The number of carbonyl (C=O) groups is 1. The fourth-order valence-electron chi connectivity index (χ4n) is 3.32. The summed E-state index contributed by atoms with van der Waals surface area (Å²) >= 11 is 0.